The summed E-state index contributed by atoms with van der Waals surface area (Å²) >= 11 is 0. The molecule has 0 aliphatic carbocycles. The van der Waals surface area contributed by atoms with Crippen LogP contribution < -0.4 is 0 Å². The number of hydrogen-bond acceptors (Lipinski definition) is 1. The van der Waals surface area contributed by atoms with E-state index < -0.39 is 0 Å². The molecule has 0 spiro atoms. The van der Waals surface area contributed by atoms with Gasteiger partial charge in [-0.2, -0.15) is 17.7 Å². The van der Waals surface area contributed by atoms with Crippen LogP contribution in [-0.4, -0.2) is 6.29 Å². The van der Waals surface area contributed by atoms with Crippen LogP contribution in [0, 0.1) is 0 Å². The van der Waals surface area contributed by atoms with Gasteiger partial charge in [0.25, 0.3) is 0 Å². The van der Waals surface area contributed by atoms with Gasteiger partial charge in [-0.3, -0.25) is 0 Å². The van der Waals surface area contributed by atoms with E-state index in [1.54, 1.807) is 30.6 Å². The van der Waals surface area contributed by atoms with E-state index in [0.29, 0.717) is 5.56 Å². The third kappa shape index (κ3) is 2.45. The molecule has 9 heavy (non-hydrogen) atoms. The van der Waals surface area contributed by atoms with Gasteiger partial charge in [0.15, 0.2) is 0 Å². The Labute approximate surface area is 64.6 Å². The molecule has 0 saturated heterocycles. The predicted molar refractivity (Wildman–Crippen MR) is 31.2 cm³/mol. The van der Waals surface area contributed by atoms with E-state index in [2.05, 4.69) is 0 Å². The number of carbonyl (C=O) groups excluding carboxylic acids is 1. The molecule has 0 unspecified atom stereocenters. The normalized spacial score (nSPS) is 7.56. The maximum Gasteiger partial charge on any atom is 1.00 e. The average Bonchev–Trinajstić information content (AvgIpc) is 1.90. The van der Waals surface area contributed by atoms with Crippen molar-refractivity contribution in [3.05, 3.63) is 35.9 Å². The summed E-state index contributed by atoms with van der Waals surface area (Å²) < 4.78 is 0. The van der Waals surface area contributed by atoms with E-state index in [4.69, 9.17) is 0 Å². The monoisotopic (exact) mass is 168 g/mol. The Hall–Kier alpha value is -0.591. The van der Waals surface area contributed by atoms with Crippen LogP contribution in [0.4, 0.5) is 0 Å². The molecule has 0 aliphatic heterocycles. The Morgan fingerprint density at radius 3 is 2.00 bits per heavy atom. The van der Waals surface area contributed by atoms with Crippen molar-refractivity contribution in [2.24, 2.45) is 0 Å². The number of hydrogen-bond donors (Lipinski definition) is 0. The zero-order valence-electron chi connectivity index (χ0n) is 4.60. The molecule has 1 nitrogen and oxygen atoms in total. The summed E-state index contributed by atoms with van der Waals surface area (Å²) in [7, 11) is 0. The fraction of sp³-hybridized carbons (Fsp3) is 0. The molecule has 1 aromatic carbocycles. The molecular formula is C7H5CuO. The Morgan fingerprint density at radius 1 is 1.11 bits per heavy atom. The summed E-state index contributed by atoms with van der Waals surface area (Å²) in [6, 6.07) is 8.90. The van der Waals surface area contributed by atoms with Gasteiger partial charge in [-0.1, -0.05) is 6.07 Å². The molecule has 2 heteroatoms. The summed E-state index contributed by atoms with van der Waals surface area (Å²) in [5.74, 6) is 0. The fourth-order valence-corrected chi connectivity index (χ4v) is 0.506. The van der Waals surface area contributed by atoms with E-state index in [1.807, 2.05) is 6.07 Å². The Balaban J connectivity index is 0.000000640. The van der Waals surface area contributed by atoms with E-state index >= 15 is 0 Å². The number of benzene rings is 1. The summed E-state index contributed by atoms with van der Waals surface area (Å²) in [5, 5.41) is 0. The van der Waals surface area contributed by atoms with Gasteiger partial charge in [0.1, 0.15) is 0 Å². The quantitative estimate of drug-likeness (QED) is 0.454. The Kier molecular flexibility index (Phi) is 4.02. The molecule has 0 aliphatic rings. The molecule has 0 heterocycles. The molecule has 0 bridgehead atoms. The van der Waals surface area contributed by atoms with E-state index in [0.717, 1.165) is 0 Å². The van der Waals surface area contributed by atoms with Crippen molar-refractivity contribution in [2.75, 3.05) is 0 Å². The molecule has 0 saturated carbocycles. The van der Waals surface area contributed by atoms with Crippen molar-refractivity contribution in [3.63, 3.8) is 0 Å². The van der Waals surface area contributed by atoms with Crippen molar-refractivity contribution >= 4 is 6.29 Å². The van der Waals surface area contributed by atoms with Gasteiger partial charge in [0, 0.05) is 0 Å². The minimum absolute atomic E-state index is 0. The van der Waals surface area contributed by atoms with Gasteiger partial charge in [0.05, 0.1) is 6.29 Å². The zero-order chi connectivity index (χ0) is 5.82. The zero-order valence-corrected chi connectivity index (χ0v) is 5.54. The first-order valence-corrected chi connectivity index (χ1v) is 2.36. The van der Waals surface area contributed by atoms with Crippen molar-refractivity contribution < 1.29 is 21.9 Å². The average molecular weight is 169 g/mol. The first kappa shape index (κ1) is 8.41. The van der Waals surface area contributed by atoms with Crippen molar-refractivity contribution in [3.8, 4) is 0 Å². The summed E-state index contributed by atoms with van der Waals surface area (Å²) in [4.78, 5) is 9.88. The summed E-state index contributed by atoms with van der Waals surface area (Å²) in [6.07, 6.45) is 1.78. The van der Waals surface area contributed by atoms with Crippen molar-refractivity contribution in [2.45, 2.75) is 0 Å². The van der Waals surface area contributed by atoms with E-state index in [1.165, 1.54) is 0 Å². The minimum atomic E-state index is 0. The fourth-order valence-electron chi connectivity index (χ4n) is 0.506. The van der Waals surface area contributed by atoms with Gasteiger partial charge < -0.3 is 4.79 Å². The summed E-state index contributed by atoms with van der Waals surface area (Å²) in [6.45, 7) is 0. The third-order valence-corrected chi connectivity index (χ3v) is 0.892. The molecule has 0 aromatic heterocycles. The molecule has 0 radical (unpaired) electrons. The summed E-state index contributed by atoms with van der Waals surface area (Å²) in [5.41, 5.74) is 0.604. The molecule has 0 amide bonds. The second kappa shape index (κ2) is 4.30. The van der Waals surface area contributed by atoms with E-state index in [-0.39, 0.29) is 17.1 Å². The van der Waals surface area contributed by atoms with Crippen LogP contribution in [0.3, 0.4) is 0 Å². The number of rotatable bonds is 1. The SMILES string of the molecule is O=[C-]c1ccccc1.[Cu+]. The van der Waals surface area contributed by atoms with Gasteiger partial charge in [-0.15, -0.1) is 12.1 Å². The van der Waals surface area contributed by atoms with Crippen LogP contribution in [0.25, 0.3) is 0 Å². The predicted octanol–water partition coefficient (Wildman–Crippen LogP) is 1.14. The Morgan fingerprint density at radius 2 is 1.67 bits per heavy atom. The Bertz CT molecular complexity index is 172. The van der Waals surface area contributed by atoms with Crippen LogP contribution in [0.1, 0.15) is 5.56 Å². The topological polar surface area (TPSA) is 17.1 Å². The molecule has 0 N–H and O–H groups in total. The van der Waals surface area contributed by atoms with Crippen LogP contribution in [-0.2, 0) is 21.9 Å². The maximum absolute atomic E-state index is 9.88. The van der Waals surface area contributed by atoms with Crippen LogP contribution in [0.2, 0.25) is 0 Å². The molecule has 0 atom stereocenters. The second-order valence-electron chi connectivity index (χ2n) is 1.47. The second-order valence-corrected chi connectivity index (χ2v) is 1.47. The maximum atomic E-state index is 9.88. The molecular weight excluding hydrogens is 164 g/mol. The van der Waals surface area contributed by atoms with Gasteiger partial charge in [-0.05, 0) is 0 Å². The smallest absolute Gasteiger partial charge is 0.376 e. The largest absolute Gasteiger partial charge is 1.00 e. The standard InChI is InChI=1S/C7H5O.Cu/c8-6-7-4-2-1-3-5-7;/h1-5H;/q-1;+1. The first-order chi connectivity index (χ1) is 3.93. The first-order valence-electron chi connectivity index (χ1n) is 2.36. The van der Waals surface area contributed by atoms with Crippen LogP contribution in [0.15, 0.2) is 30.3 Å². The van der Waals surface area contributed by atoms with Crippen molar-refractivity contribution in [1.29, 1.82) is 0 Å². The molecule has 0 fully saturated rings. The van der Waals surface area contributed by atoms with Crippen LogP contribution >= 0.6 is 0 Å². The van der Waals surface area contributed by atoms with Crippen LogP contribution in [0.5, 0.6) is 0 Å². The van der Waals surface area contributed by atoms with Gasteiger partial charge >= 0.3 is 17.1 Å². The molecule has 50 valence electrons. The van der Waals surface area contributed by atoms with Crippen molar-refractivity contribution in [1.82, 2.24) is 0 Å². The van der Waals surface area contributed by atoms with E-state index in [9.17, 15) is 4.79 Å². The molecule has 1 aromatic rings. The minimum Gasteiger partial charge on any atom is -0.376 e. The molecule has 1 rings (SSSR count). The van der Waals surface area contributed by atoms with Gasteiger partial charge in [-0.25, -0.2) is 0 Å². The van der Waals surface area contributed by atoms with Gasteiger partial charge in [0.2, 0.25) is 0 Å². The third-order valence-electron chi connectivity index (χ3n) is 0.892.